The summed E-state index contributed by atoms with van der Waals surface area (Å²) in [6.07, 6.45) is -0.692. The molecule has 118 valence electrons. The second kappa shape index (κ2) is 6.06. The smallest absolute Gasteiger partial charge is 0.230 e. The van der Waals surface area contributed by atoms with Crippen LogP contribution in [0, 0.1) is 0 Å². The van der Waals surface area contributed by atoms with Gasteiger partial charge in [-0.3, -0.25) is 4.79 Å². The maximum atomic E-state index is 12.4. The molecule has 1 aromatic carbocycles. The normalized spacial score (nSPS) is 21.9. The van der Waals surface area contributed by atoms with Crippen LogP contribution in [0.15, 0.2) is 24.3 Å². The van der Waals surface area contributed by atoms with Gasteiger partial charge in [0.1, 0.15) is 11.9 Å². The third-order valence-electron chi connectivity index (χ3n) is 3.79. The van der Waals surface area contributed by atoms with Crippen molar-refractivity contribution in [2.24, 2.45) is 0 Å². The van der Waals surface area contributed by atoms with Crippen molar-refractivity contribution in [3.63, 3.8) is 0 Å². The van der Waals surface area contributed by atoms with Gasteiger partial charge in [0.2, 0.25) is 5.91 Å². The number of carbonyl (C=O) groups is 1. The van der Waals surface area contributed by atoms with Crippen molar-refractivity contribution in [2.45, 2.75) is 38.6 Å². The lowest BCUT2D eigenvalue weighted by atomic mass is 10.2. The van der Waals surface area contributed by atoms with Gasteiger partial charge in [0.15, 0.2) is 0 Å². The average molecular weight is 303 g/mol. The number of hydrogen-bond acceptors (Lipinski definition) is 4. The van der Waals surface area contributed by atoms with Crippen LogP contribution < -0.4 is 0 Å². The zero-order valence-electron chi connectivity index (χ0n) is 12.8. The standard InChI is InChI=1S/C16H21N3O3/c1-10(2)22-14-9-19(8-13(14)20)16(21)7-15-17-11-5-3-4-6-12(11)18-15/h3-6,10,13-14,20H,7-9H2,1-2H3,(H,17,18). The first-order valence-electron chi connectivity index (χ1n) is 7.58. The largest absolute Gasteiger partial charge is 0.388 e. The molecule has 2 N–H and O–H groups in total. The van der Waals surface area contributed by atoms with Crippen molar-refractivity contribution in [3.05, 3.63) is 30.1 Å². The molecule has 0 spiro atoms. The van der Waals surface area contributed by atoms with Crippen LogP contribution >= 0.6 is 0 Å². The molecule has 6 nitrogen and oxygen atoms in total. The summed E-state index contributed by atoms with van der Waals surface area (Å²) < 4.78 is 5.63. The molecule has 0 bridgehead atoms. The second-order valence-corrected chi connectivity index (χ2v) is 5.97. The van der Waals surface area contributed by atoms with E-state index in [1.54, 1.807) is 4.90 Å². The Balaban J connectivity index is 1.64. The molecule has 1 amide bonds. The molecule has 0 saturated carbocycles. The first-order valence-corrected chi connectivity index (χ1v) is 7.58. The fraction of sp³-hybridized carbons (Fsp3) is 0.500. The number of rotatable bonds is 4. The van der Waals surface area contributed by atoms with Crippen LogP contribution in [0.3, 0.4) is 0 Å². The monoisotopic (exact) mass is 303 g/mol. The van der Waals surface area contributed by atoms with Gasteiger partial charge in [-0.05, 0) is 26.0 Å². The number of benzene rings is 1. The highest BCUT2D eigenvalue weighted by molar-refractivity contribution is 5.80. The number of nitrogens with zero attached hydrogens (tertiary/aromatic N) is 2. The first-order chi connectivity index (χ1) is 10.5. The van der Waals surface area contributed by atoms with E-state index in [0.717, 1.165) is 11.0 Å². The SMILES string of the molecule is CC(C)OC1CN(C(=O)Cc2nc3ccccc3[nH]2)CC1O. The summed E-state index contributed by atoms with van der Waals surface area (Å²) in [5, 5.41) is 10.00. The highest BCUT2D eigenvalue weighted by Gasteiger charge is 2.35. The molecule has 1 aromatic heterocycles. The molecule has 2 aromatic rings. The Morgan fingerprint density at radius 2 is 2.23 bits per heavy atom. The molecule has 2 unspecified atom stereocenters. The molecule has 6 heteroatoms. The Hall–Kier alpha value is -1.92. The van der Waals surface area contributed by atoms with Crippen molar-refractivity contribution >= 4 is 16.9 Å². The molecule has 0 aliphatic carbocycles. The van der Waals surface area contributed by atoms with E-state index in [9.17, 15) is 9.90 Å². The van der Waals surface area contributed by atoms with Crippen LogP contribution in [0.4, 0.5) is 0 Å². The van der Waals surface area contributed by atoms with Gasteiger partial charge in [-0.25, -0.2) is 4.98 Å². The van der Waals surface area contributed by atoms with Crippen molar-refractivity contribution in [2.75, 3.05) is 13.1 Å². The van der Waals surface area contributed by atoms with Gasteiger partial charge in [0.05, 0.1) is 29.7 Å². The molecule has 22 heavy (non-hydrogen) atoms. The van der Waals surface area contributed by atoms with Crippen LogP contribution in [0.5, 0.6) is 0 Å². The number of β-amino-alcohol motifs (C(OH)–C–C–N with tert-alkyl or cyclic N) is 1. The molecule has 2 heterocycles. The van der Waals surface area contributed by atoms with Gasteiger partial charge < -0.3 is 19.7 Å². The Morgan fingerprint density at radius 1 is 1.45 bits per heavy atom. The predicted molar refractivity (Wildman–Crippen MR) is 82.4 cm³/mol. The summed E-state index contributed by atoms with van der Waals surface area (Å²) >= 11 is 0. The molecule has 1 saturated heterocycles. The summed E-state index contributed by atoms with van der Waals surface area (Å²) in [6, 6.07) is 7.69. The Kier molecular flexibility index (Phi) is 4.13. The number of imidazole rings is 1. The molecule has 1 fully saturated rings. The van der Waals surface area contributed by atoms with Crippen LogP contribution in [-0.2, 0) is 16.0 Å². The van der Waals surface area contributed by atoms with E-state index < -0.39 is 6.10 Å². The maximum Gasteiger partial charge on any atom is 0.230 e. The molecule has 1 aliphatic rings. The van der Waals surface area contributed by atoms with Gasteiger partial charge in [0.25, 0.3) is 0 Å². The predicted octanol–water partition coefficient (Wildman–Crippen LogP) is 1.10. The van der Waals surface area contributed by atoms with Crippen LogP contribution in [0.1, 0.15) is 19.7 Å². The fourth-order valence-electron chi connectivity index (χ4n) is 2.79. The molecule has 3 rings (SSSR count). The minimum Gasteiger partial charge on any atom is -0.388 e. The number of carbonyl (C=O) groups excluding carboxylic acids is 1. The number of ether oxygens (including phenoxy) is 1. The molecule has 0 radical (unpaired) electrons. The van der Waals surface area contributed by atoms with Crippen molar-refractivity contribution in [1.82, 2.24) is 14.9 Å². The van der Waals surface area contributed by atoms with E-state index in [1.807, 2.05) is 38.1 Å². The van der Waals surface area contributed by atoms with Crippen molar-refractivity contribution < 1.29 is 14.6 Å². The number of aromatic nitrogens is 2. The maximum absolute atomic E-state index is 12.4. The molecule has 1 aliphatic heterocycles. The highest BCUT2D eigenvalue weighted by atomic mass is 16.5. The number of aromatic amines is 1. The summed E-state index contributed by atoms with van der Waals surface area (Å²) in [4.78, 5) is 21.6. The fourth-order valence-corrected chi connectivity index (χ4v) is 2.79. The third kappa shape index (κ3) is 3.13. The number of amides is 1. The number of nitrogens with one attached hydrogen (secondary N) is 1. The number of hydrogen-bond donors (Lipinski definition) is 2. The van der Waals surface area contributed by atoms with Crippen LogP contribution in [0.2, 0.25) is 0 Å². The molecule has 2 atom stereocenters. The van der Waals surface area contributed by atoms with Gasteiger partial charge in [0, 0.05) is 13.1 Å². The van der Waals surface area contributed by atoms with E-state index in [0.29, 0.717) is 18.9 Å². The number of fused-ring (bicyclic) bond motifs is 1. The number of aliphatic hydroxyl groups is 1. The zero-order chi connectivity index (χ0) is 15.7. The summed E-state index contributed by atoms with van der Waals surface area (Å²) in [7, 11) is 0. The van der Waals surface area contributed by atoms with E-state index in [-0.39, 0.29) is 24.5 Å². The molecular weight excluding hydrogens is 282 g/mol. The minimum atomic E-state index is -0.623. The van der Waals surface area contributed by atoms with Gasteiger partial charge in [-0.15, -0.1) is 0 Å². The van der Waals surface area contributed by atoms with Crippen molar-refractivity contribution in [3.8, 4) is 0 Å². The summed E-state index contributed by atoms with van der Waals surface area (Å²) in [5.74, 6) is 0.599. The van der Waals surface area contributed by atoms with Crippen LogP contribution in [-0.4, -0.2) is 57.3 Å². The average Bonchev–Trinajstić information content (AvgIpc) is 3.02. The molecular formula is C16H21N3O3. The van der Waals surface area contributed by atoms with Gasteiger partial charge in [-0.2, -0.15) is 0 Å². The lowest BCUT2D eigenvalue weighted by Crippen LogP contribution is -2.32. The second-order valence-electron chi connectivity index (χ2n) is 5.97. The number of H-pyrrole nitrogens is 1. The quantitative estimate of drug-likeness (QED) is 0.886. The third-order valence-corrected chi connectivity index (χ3v) is 3.79. The highest BCUT2D eigenvalue weighted by Crippen LogP contribution is 2.17. The van der Waals surface area contributed by atoms with Gasteiger partial charge in [-0.1, -0.05) is 12.1 Å². The number of para-hydroxylation sites is 2. The zero-order valence-corrected chi connectivity index (χ0v) is 12.8. The topological polar surface area (TPSA) is 78.5 Å². The number of aliphatic hydroxyl groups excluding tert-OH is 1. The van der Waals surface area contributed by atoms with Crippen LogP contribution in [0.25, 0.3) is 11.0 Å². The Labute approximate surface area is 129 Å². The van der Waals surface area contributed by atoms with Gasteiger partial charge >= 0.3 is 0 Å². The Morgan fingerprint density at radius 3 is 2.95 bits per heavy atom. The van der Waals surface area contributed by atoms with E-state index >= 15 is 0 Å². The Bertz CT molecular complexity index is 634. The number of likely N-dealkylation sites (tertiary alicyclic amines) is 1. The lowest BCUT2D eigenvalue weighted by molar-refractivity contribution is -0.130. The van der Waals surface area contributed by atoms with Crippen molar-refractivity contribution in [1.29, 1.82) is 0 Å². The van der Waals surface area contributed by atoms with E-state index in [4.69, 9.17) is 4.74 Å². The first kappa shape index (κ1) is 15.0. The van der Waals surface area contributed by atoms with E-state index in [2.05, 4.69) is 9.97 Å². The van der Waals surface area contributed by atoms with E-state index in [1.165, 1.54) is 0 Å². The summed E-state index contributed by atoms with van der Waals surface area (Å²) in [5.41, 5.74) is 1.78. The lowest BCUT2D eigenvalue weighted by Gasteiger charge is -2.18. The summed E-state index contributed by atoms with van der Waals surface area (Å²) in [6.45, 7) is 4.59. The minimum absolute atomic E-state index is 0.0325.